The van der Waals surface area contributed by atoms with E-state index < -0.39 is 0 Å². The van der Waals surface area contributed by atoms with Crippen molar-refractivity contribution in [2.24, 2.45) is 5.73 Å². The van der Waals surface area contributed by atoms with E-state index in [-0.39, 0.29) is 18.3 Å². The Balaban J connectivity index is 2.73. The molecule has 0 radical (unpaired) electrons. The number of carbonyl (C=O) groups excluding carboxylic acids is 1. The van der Waals surface area contributed by atoms with Gasteiger partial charge in [-0.15, -0.1) is 0 Å². The molecule has 1 aromatic carbocycles. The minimum absolute atomic E-state index is 0.218. The number of nitrogens with zero attached hydrogens (tertiary/aromatic N) is 1. The Kier molecular flexibility index (Phi) is 7.18. The number of hydrogen-bond acceptors (Lipinski definition) is 4. The Labute approximate surface area is 119 Å². The molecule has 1 rings (SSSR count). The molecule has 0 spiro atoms. The van der Waals surface area contributed by atoms with E-state index in [2.05, 4.69) is 0 Å². The van der Waals surface area contributed by atoms with E-state index in [0.29, 0.717) is 19.7 Å². The Hall–Kier alpha value is -1.46. The van der Waals surface area contributed by atoms with E-state index >= 15 is 0 Å². The molecule has 0 aliphatic heterocycles. The number of nitrogens with two attached hydrogens (primary N) is 1. The highest BCUT2D eigenvalue weighted by Crippen LogP contribution is 2.12. The normalized spacial score (nSPS) is 10.8. The van der Waals surface area contributed by atoms with Crippen molar-refractivity contribution < 1.29 is 13.9 Å². The average Bonchev–Trinajstić information content (AvgIpc) is 2.38. The van der Waals surface area contributed by atoms with Crippen LogP contribution in [0.3, 0.4) is 0 Å². The fraction of sp³-hybridized carbons (Fsp3) is 0.533. The first-order chi connectivity index (χ1) is 9.58. The maximum absolute atomic E-state index is 13.5. The van der Waals surface area contributed by atoms with E-state index in [1.807, 2.05) is 17.9 Å². The van der Waals surface area contributed by atoms with E-state index in [1.165, 1.54) is 12.1 Å². The maximum atomic E-state index is 13.5. The number of benzene rings is 1. The molecular formula is C15H23FN2O2. The maximum Gasteiger partial charge on any atom is 0.320 e. The van der Waals surface area contributed by atoms with Crippen LogP contribution in [-0.2, 0) is 22.6 Å². The summed E-state index contributed by atoms with van der Waals surface area (Å²) in [6.45, 7) is 5.98. The lowest BCUT2D eigenvalue weighted by atomic mass is 10.1. The molecule has 112 valence electrons. The second-order valence-electron chi connectivity index (χ2n) is 4.69. The van der Waals surface area contributed by atoms with Gasteiger partial charge in [0.25, 0.3) is 0 Å². The highest BCUT2D eigenvalue weighted by atomic mass is 19.1. The van der Waals surface area contributed by atoms with Gasteiger partial charge in [-0.25, -0.2) is 4.39 Å². The van der Waals surface area contributed by atoms with E-state index in [9.17, 15) is 9.18 Å². The van der Waals surface area contributed by atoms with Crippen molar-refractivity contribution >= 4 is 5.97 Å². The molecule has 1 aromatic rings. The summed E-state index contributed by atoms with van der Waals surface area (Å²) in [7, 11) is 0. The molecule has 20 heavy (non-hydrogen) atoms. The lowest BCUT2D eigenvalue weighted by Crippen LogP contribution is -2.31. The number of halogens is 1. The zero-order valence-electron chi connectivity index (χ0n) is 12.2. The number of rotatable bonds is 8. The molecule has 0 aromatic heterocycles. The van der Waals surface area contributed by atoms with Crippen molar-refractivity contribution in [1.29, 1.82) is 0 Å². The summed E-state index contributed by atoms with van der Waals surface area (Å²) in [6, 6.07) is 4.78. The molecule has 0 unspecified atom stereocenters. The zero-order valence-corrected chi connectivity index (χ0v) is 12.2. The van der Waals surface area contributed by atoms with Gasteiger partial charge in [0, 0.05) is 13.1 Å². The van der Waals surface area contributed by atoms with Gasteiger partial charge in [-0.2, -0.15) is 0 Å². The van der Waals surface area contributed by atoms with Crippen LogP contribution in [0.2, 0.25) is 0 Å². The number of ether oxygens (including phenoxy) is 1. The highest BCUT2D eigenvalue weighted by molar-refractivity contribution is 5.71. The third-order valence-electron chi connectivity index (χ3n) is 2.86. The minimum Gasteiger partial charge on any atom is -0.465 e. The molecule has 0 fully saturated rings. The predicted molar refractivity (Wildman–Crippen MR) is 76.5 cm³/mol. The van der Waals surface area contributed by atoms with Crippen LogP contribution in [0, 0.1) is 5.82 Å². The fourth-order valence-corrected chi connectivity index (χ4v) is 2.10. The number of hydrogen-bond donors (Lipinski definition) is 1. The molecule has 0 atom stereocenters. The second-order valence-corrected chi connectivity index (χ2v) is 4.69. The molecule has 0 aliphatic rings. The molecule has 0 heterocycles. The summed E-state index contributed by atoms with van der Waals surface area (Å²) in [5.41, 5.74) is 7.12. The largest absolute Gasteiger partial charge is 0.465 e. The Morgan fingerprint density at radius 3 is 2.60 bits per heavy atom. The summed E-state index contributed by atoms with van der Waals surface area (Å²) in [6.07, 6.45) is 0.915. The Morgan fingerprint density at radius 2 is 2.00 bits per heavy atom. The first kappa shape index (κ1) is 16.6. The molecule has 0 saturated heterocycles. The SMILES string of the molecule is CCCN(CC(=O)OCC)Cc1cc(F)cc(CN)c1. The summed E-state index contributed by atoms with van der Waals surface area (Å²) in [5, 5.41) is 0. The summed E-state index contributed by atoms with van der Waals surface area (Å²) in [5.74, 6) is -0.549. The van der Waals surface area contributed by atoms with Crippen LogP contribution in [0.25, 0.3) is 0 Å². The first-order valence-corrected chi connectivity index (χ1v) is 6.95. The van der Waals surface area contributed by atoms with E-state index in [0.717, 1.165) is 24.1 Å². The van der Waals surface area contributed by atoms with E-state index in [1.54, 1.807) is 6.92 Å². The standard InChI is InChI=1S/C15H23FN2O2/c1-3-5-18(11-15(19)20-4-2)10-13-6-12(9-17)7-14(16)8-13/h6-8H,3-5,9-11,17H2,1-2H3. The van der Waals surface area contributed by atoms with Crippen LogP contribution in [0.4, 0.5) is 4.39 Å². The summed E-state index contributed by atoms with van der Waals surface area (Å²) in [4.78, 5) is 13.5. The van der Waals surface area contributed by atoms with Crippen molar-refractivity contribution in [3.63, 3.8) is 0 Å². The van der Waals surface area contributed by atoms with Crippen LogP contribution in [0.5, 0.6) is 0 Å². The minimum atomic E-state index is -0.296. The Bertz CT molecular complexity index is 438. The quantitative estimate of drug-likeness (QED) is 0.742. The third-order valence-corrected chi connectivity index (χ3v) is 2.86. The van der Waals surface area contributed by atoms with Gasteiger partial charge < -0.3 is 10.5 Å². The van der Waals surface area contributed by atoms with Crippen LogP contribution >= 0.6 is 0 Å². The van der Waals surface area contributed by atoms with Gasteiger partial charge in [-0.1, -0.05) is 13.0 Å². The van der Waals surface area contributed by atoms with Gasteiger partial charge in [0.1, 0.15) is 5.82 Å². The van der Waals surface area contributed by atoms with Gasteiger partial charge in [-0.3, -0.25) is 9.69 Å². The summed E-state index contributed by atoms with van der Waals surface area (Å²) < 4.78 is 18.4. The lowest BCUT2D eigenvalue weighted by Gasteiger charge is -2.21. The number of carbonyl (C=O) groups is 1. The Morgan fingerprint density at radius 1 is 1.30 bits per heavy atom. The lowest BCUT2D eigenvalue weighted by molar-refractivity contribution is -0.144. The predicted octanol–water partition coefficient (Wildman–Crippen LogP) is 2.06. The average molecular weight is 282 g/mol. The molecule has 5 heteroatoms. The topological polar surface area (TPSA) is 55.6 Å². The van der Waals surface area contributed by atoms with Crippen LogP contribution in [0.15, 0.2) is 18.2 Å². The molecular weight excluding hydrogens is 259 g/mol. The van der Waals surface area contributed by atoms with Crippen LogP contribution in [0.1, 0.15) is 31.4 Å². The molecule has 0 amide bonds. The van der Waals surface area contributed by atoms with Crippen LogP contribution < -0.4 is 5.73 Å². The van der Waals surface area contributed by atoms with Crippen molar-refractivity contribution in [3.8, 4) is 0 Å². The zero-order chi connectivity index (χ0) is 15.0. The molecule has 4 nitrogen and oxygen atoms in total. The molecule has 0 saturated carbocycles. The van der Waals surface area contributed by atoms with Gasteiger partial charge >= 0.3 is 5.97 Å². The molecule has 0 aliphatic carbocycles. The third kappa shape index (κ3) is 5.67. The van der Waals surface area contributed by atoms with Crippen LogP contribution in [-0.4, -0.2) is 30.6 Å². The van der Waals surface area contributed by atoms with Gasteiger partial charge in [0.15, 0.2) is 0 Å². The van der Waals surface area contributed by atoms with Crippen molar-refractivity contribution in [3.05, 3.63) is 35.1 Å². The van der Waals surface area contributed by atoms with E-state index in [4.69, 9.17) is 10.5 Å². The molecule has 0 bridgehead atoms. The highest BCUT2D eigenvalue weighted by Gasteiger charge is 2.12. The molecule has 2 N–H and O–H groups in total. The van der Waals surface area contributed by atoms with Gasteiger partial charge in [-0.05, 0) is 43.1 Å². The monoisotopic (exact) mass is 282 g/mol. The van der Waals surface area contributed by atoms with Crippen molar-refractivity contribution in [2.45, 2.75) is 33.4 Å². The summed E-state index contributed by atoms with van der Waals surface area (Å²) >= 11 is 0. The first-order valence-electron chi connectivity index (χ1n) is 6.95. The second kappa shape index (κ2) is 8.66. The smallest absolute Gasteiger partial charge is 0.320 e. The number of esters is 1. The van der Waals surface area contributed by atoms with Crippen molar-refractivity contribution in [1.82, 2.24) is 4.90 Å². The van der Waals surface area contributed by atoms with Crippen molar-refractivity contribution in [2.75, 3.05) is 19.7 Å². The fourth-order valence-electron chi connectivity index (χ4n) is 2.10. The van der Waals surface area contributed by atoms with Gasteiger partial charge in [0.2, 0.25) is 0 Å². The van der Waals surface area contributed by atoms with Gasteiger partial charge in [0.05, 0.1) is 13.2 Å².